The molecule has 1 N–H and O–H groups in total. The van der Waals surface area contributed by atoms with Crippen molar-refractivity contribution in [2.45, 2.75) is 38.1 Å². The van der Waals surface area contributed by atoms with Gasteiger partial charge in [0, 0.05) is 32.4 Å². The normalized spacial score (nSPS) is 27.7. The van der Waals surface area contributed by atoms with E-state index in [2.05, 4.69) is 43.4 Å². The second-order valence-corrected chi connectivity index (χ2v) is 8.93. The monoisotopic (exact) mass is 395 g/mol. The molecule has 2 aliphatic rings. The van der Waals surface area contributed by atoms with Crippen molar-refractivity contribution in [2.75, 3.05) is 27.2 Å². The number of pyridine rings is 1. The molecule has 0 amide bonds. The van der Waals surface area contributed by atoms with E-state index in [1.807, 2.05) is 41.8 Å². The van der Waals surface area contributed by atoms with Gasteiger partial charge in [-0.2, -0.15) is 5.10 Å². The third kappa shape index (κ3) is 3.68. The van der Waals surface area contributed by atoms with Crippen LogP contribution in [0.15, 0.2) is 36.7 Å². The van der Waals surface area contributed by atoms with Crippen molar-refractivity contribution >= 4 is 5.52 Å². The molecule has 29 heavy (non-hydrogen) atoms. The Balaban J connectivity index is 1.27. The zero-order valence-corrected chi connectivity index (χ0v) is 17.1. The topological polar surface area (TPSA) is 74.7 Å². The maximum Gasteiger partial charge on any atom is 0.0967 e. The predicted molar refractivity (Wildman–Crippen MR) is 109 cm³/mol. The van der Waals surface area contributed by atoms with Crippen LogP contribution < -0.4 is 0 Å². The Morgan fingerprint density at radius 1 is 1.14 bits per heavy atom. The van der Waals surface area contributed by atoms with Crippen molar-refractivity contribution in [3.8, 4) is 0 Å². The van der Waals surface area contributed by atoms with Gasteiger partial charge in [-0.15, -0.1) is 5.10 Å². The zero-order valence-electron chi connectivity index (χ0n) is 17.1. The summed E-state index contributed by atoms with van der Waals surface area (Å²) in [7, 11) is 4.05. The van der Waals surface area contributed by atoms with Crippen molar-refractivity contribution in [3.05, 3.63) is 48.0 Å². The van der Waals surface area contributed by atoms with Gasteiger partial charge in [-0.3, -0.25) is 4.90 Å². The quantitative estimate of drug-likeness (QED) is 0.705. The van der Waals surface area contributed by atoms with Crippen molar-refractivity contribution in [2.24, 2.45) is 11.8 Å². The molecule has 3 aromatic rings. The fraction of sp³-hybridized carbons (Fsp3) is 0.571. The van der Waals surface area contributed by atoms with E-state index in [-0.39, 0.29) is 12.1 Å². The number of likely N-dealkylation sites (tertiary alicyclic amines) is 1. The minimum Gasteiger partial charge on any atom is -0.391 e. The molecule has 0 aromatic carbocycles. The summed E-state index contributed by atoms with van der Waals surface area (Å²) in [5.41, 5.74) is 3.30. The van der Waals surface area contributed by atoms with Gasteiger partial charge in [0.05, 0.1) is 35.2 Å². The van der Waals surface area contributed by atoms with Gasteiger partial charge in [0.2, 0.25) is 0 Å². The van der Waals surface area contributed by atoms with E-state index in [1.54, 1.807) is 0 Å². The van der Waals surface area contributed by atoms with E-state index in [0.29, 0.717) is 11.8 Å². The summed E-state index contributed by atoms with van der Waals surface area (Å²) >= 11 is 0. The molecule has 5 rings (SSSR count). The van der Waals surface area contributed by atoms with E-state index >= 15 is 0 Å². The highest BCUT2D eigenvalue weighted by molar-refractivity contribution is 5.46. The van der Waals surface area contributed by atoms with Crippen LogP contribution in [0.25, 0.3) is 5.52 Å². The molecule has 1 aliphatic heterocycles. The lowest BCUT2D eigenvalue weighted by Crippen LogP contribution is -2.36. The molecular formula is C21H29N7O. The lowest BCUT2D eigenvalue weighted by molar-refractivity contribution is 0.0298. The molecule has 0 spiro atoms. The van der Waals surface area contributed by atoms with Crippen LogP contribution >= 0.6 is 0 Å². The minimum atomic E-state index is -0.361. The summed E-state index contributed by atoms with van der Waals surface area (Å²) in [6.45, 7) is 3.75. The van der Waals surface area contributed by atoms with Crippen LogP contribution in [0.2, 0.25) is 0 Å². The van der Waals surface area contributed by atoms with Gasteiger partial charge < -0.3 is 10.0 Å². The number of aromatic nitrogens is 5. The highest BCUT2D eigenvalue weighted by Gasteiger charge is 2.42. The molecule has 1 aliphatic carbocycles. The van der Waals surface area contributed by atoms with Gasteiger partial charge >= 0.3 is 0 Å². The SMILES string of the molecule is CN(C)Cc1cn([C@@H]2C[C@@H]3CN(Cc4cccc5ccnn45)C[C@@H]3C[C@H]2O)nn1. The van der Waals surface area contributed by atoms with Crippen LogP contribution in [0.3, 0.4) is 0 Å². The first-order chi connectivity index (χ1) is 14.1. The Morgan fingerprint density at radius 3 is 2.79 bits per heavy atom. The van der Waals surface area contributed by atoms with Crippen LogP contribution in [0, 0.1) is 11.8 Å². The molecule has 1 saturated heterocycles. The molecule has 154 valence electrons. The first-order valence-electron chi connectivity index (χ1n) is 10.4. The number of aliphatic hydroxyl groups excluding tert-OH is 1. The molecule has 0 unspecified atom stereocenters. The molecule has 8 nitrogen and oxygen atoms in total. The third-order valence-corrected chi connectivity index (χ3v) is 6.45. The van der Waals surface area contributed by atoms with E-state index < -0.39 is 0 Å². The first-order valence-corrected chi connectivity index (χ1v) is 10.4. The summed E-state index contributed by atoms with van der Waals surface area (Å²) < 4.78 is 3.92. The van der Waals surface area contributed by atoms with E-state index in [4.69, 9.17) is 0 Å². The summed E-state index contributed by atoms with van der Waals surface area (Å²) in [6, 6.07) is 8.40. The number of nitrogens with zero attached hydrogens (tertiary/aromatic N) is 7. The van der Waals surface area contributed by atoms with Crippen LogP contribution in [-0.2, 0) is 13.1 Å². The molecule has 4 heterocycles. The van der Waals surface area contributed by atoms with E-state index in [1.165, 1.54) is 5.69 Å². The Kier molecular flexibility index (Phi) is 4.85. The van der Waals surface area contributed by atoms with Crippen LogP contribution in [0.5, 0.6) is 0 Å². The van der Waals surface area contributed by atoms with E-state index in [9.17, 15) is 5.11 Å². The fourth-order valence-electron chi connectivity index (χ4n) is 5.15. The predicted octanol–water partition coefficient (Wildman–Crippen LogP) is 1.43. The molecular weight excluding hydrogens is 366 g/mol. The Hall–Kier alpha value is -2.29. The van der Waals surface area contributed by atoms with Gasteiger partial charge in [-0.1, -0.05) is 11.3 Å². The standard InChI is InChI=1S/C21H29N7O/c1-25(2)12-17-13-27(24-23-17)20-8-15-10-26(11-16(15)9-21(20)29)14-19-5-3-4-18-6-7-22-28(18)19/h3-7,13,15-16,20-21,29H,8-12,14H2,1-2H3/t15-,16+,20-,21-/m1/s1. The number of hydrogen-bond donors (Lipinski definition) is 1. The molecule has 1 saturated carbocycles. The number of rotatable bonds is 5. The molecule has 8 heteroatoms. The largest absolute Gasteiger partial charge is 0.391 e. The van der Waals surface area contributed by atoms with Crippen molar-refractivity contribution in [3.63, 3.8) is 0 Å². The second kappa shape index (κ2) is 7.51. The van der Waals surface area contributed by atoms with E-state index in [0.717, 1.165) is 50.2 Å². The summed E-state index contributed by atoms with van der Waals surface area (Å²) in [5, 5.41) is 23.9. The summed E-state index contributed by atoms with van der Waals surface area (Å²) in [6.07, 6.45) is 5.28. The van der Waals surface area contributed by atoms with Crippen LogP contribution in [0.4, 0.5) is 0 Å². The molecule has 2 fully saturated rings. The van der Waals surface area contributed by atoms with Crippen molar-refractivity contribution < 1.29 is 5.11 Å². The number of fused-ring (bicyclic) bond motifs is 2. The van der Waals surface area contributed by atoms with Gasteiger partial charge in [0.1, 0.15) is 0 Å². The molecule has 3 aromatic heterocycles. The first kappa shape index (κ1) is 18.7. The van der Waals surface area contributed by atoms with Crippen molar-refractivity contribution in [1.29, 1.82) is 0 Å². The molecule has 0 radical (unpaired) electrons. The Morgan fingerprint density at radius 2 is 1.97 bits per heavy atom. The smallest absolute Gasteiger partial charge is 0.0967 e. The van der Waals surface area contributed by atoms with Crippen LogP contribution in [0.1, 0.15) is 30.3 Å². The lowest BCUT2D eigenvalue weighted by Gasteiger charge is -2.35. The lowest BCUT2D eigenvalue weighted by atomic mass is 9.77. The third-order valence-electron chi connectivity index (χ3n) is 6.45. The Bertz CT molecular complexity index is 980. The number of hydrogen-bond acceptors (Lipinski definition) is 6. The maximum absolute atomic E-state index is 10.8. The zero-order chi connectivity index (χ0) is 20.0. The second-order valence-electron chi connectivity index (χ2n) is 8.93. The van der Waals surface area contributed by atoms with Gasteiger partial charge in [0.25, 0.3) is 0 Å². The average molecular weight is 396 g/mol. The highest BCUT2D eigenvalue weighted by atomic mass is 16.3. The number of aliphatic hydroxyl groups is 1. The van der Waals surface area contributed by atoms with Gasteiger partial charge in [0.15, 0.2) is 0 Å². The minimum absolute atomic E-state index is 0.0224. The fourth-order valence-corrected chi connectivity index (χ4v) is 5.15. The summed E-state index contributed by atoms with van der Waals surface area (Å²) in [4.78, 5) is 4.59. The highest BCUT2D eigenvalue weighted by Crippen LogP contribution is 2.41. The average Bonchev–Trinajstić information content (AvgIpc) is 3.39. The molecule has 4 atom stereocenters. The van der Waals surface area contributed by atoms with Gasteiger partial charge in [-0.25, -0.2) is 9.20 Å². The Labute approximate surface area is 170 Å². The van der Waals surface area contributed by atoms with Gasteiger partial charge in [-0.05, 0) is 57.0 Å². The molecule has 0 bridgehead atoms. The summed E-state index contributed by atoms with van der Waals surface area (Å²) in [5.74, 6) is 1.13. The maximum atomic E-state index is 10.8. The van der Waals surface area contributed by atoms with Crippen molar-refractivity contribution in [1.82, 2.24) is 34.4 Å². The van der Waals surface area contributed by atoms with Crippen LogP contribution in [-0.4, -0.2) is 72.8 Å².